The summed E-state index contributed by atoms with van der Waals surface area (Å²) in [6, 6.07) is 17.2. The molecule has 0 saturated heterocycles. The van der Waals surface area contributed by atoms with Gasteiger partial charge in [-0.1, -0.05) is 35.9 Å². The Morgan fingerprint density at radius 1 is 1.19 bits per heavy atom. The van der Waals surface area contributed by atoms with E-state index in [0.717, 1.165) is 28.7 Å². The lowest BCUT2D eigenvalue weighted by atomic mass is 9.87. The zero-order valence-electron chi connectivity index (χ0n) is 18.6. The van der Waals surface area contributed by atoms with E-state index >= 15 is 0 Å². The van der Waals surface area contributed by atoms with Crippen LogP contribution in [0.3, 0.4) is 0 Å². The Kier molecular flexibility index (Phi) is 6.30. The standard InChI is InChI=1S/C26H28N2O4/c1-4-27-25(29)18(3)32-21-11-10-19-12-13-28(26(30)23-9-6-14-31-23)24(22(19)16-21)20-8-5-7-17(2)15-20/h5-11,14-16,18,24H,4,12-13H2,1-3H3,(H,27,29). The molecule has 0 saturated carbocycles. The molecule has 0 bridgehead atoms. The van der Waals surface area contributed by atoms with Crippen molar-refractivity contribution in [3.8, 4) is 5.75 Å². The predicted molar refractivity (Wildman–Crippen MR) is 122 cm³/mol. The van der Waals surface area contributed by atoms with Crippen molar-refractivity contribution in [3.63, 3.8) is 0 Å². The molecule has 3 aromatic rings. The second kappa shape index (κ2) is 9.30. The summed E-state index contributed by atoms with van der Waals surface area (Å²) in [6.45, 7) is 6.78. The van der Waals surface area contributed by atoms with Gasteiger partial charge in [0.05, 0.1) is 12.3 Å². The maximum Gasteiger partial charge on any atom is 0.290 e. The van der Waals surface area contributed by atoms with Gasteiger partial charge >= 0.3 is 0 Å². The van der Waals surface area contributed by atoms with E-state index in [4.69, 9.17) is 9.15 Å². The van der Waals surface area contributed by atoms with Crippen molar-refractivity contribution in [1.82, 2.24) is 10.2 Å². The Hall–Kier alpha value is -3.54. The molecule has 4 rings (SSSR count). The van der Waals surface area contributed by atoms with Crippen molar-refractivity contribution in [2.45, 2.75) is 39.3 Å². The predicted octanol–water partition coefficient (Wildman–Crippen LogP) is 4.28. The van der Waals surface area contributed by atoms with Crippen molar-refractivity contribution >= 4 is 11.8 Å². The van der Waals surface area contributed by atoms with Crippen LogP contribution in [0, 0.1) is 6.92 Å². The van der Waals surface area contributed by atoms with Crippen LogP contribution in [0.4, 0.5) is 0 Å². The lowest BCUT2D eigenvalue weighted by Gasteiger charge is -2.37. The second-order valence-electron chi connectivity index (χ2n) is 8.06. The molecule has 2 unspecified atom stereocenters. The second-order valence-corrected chi connectivity index (χ2v) is 8.06. The highest BCUT2D eigenvalue weighted by molar-refractivity contribution is 5.92. The number of aryl methyl sites for hydroxylation is 1. The van der Waals surface area contributed by atoms with Gasteiger partial charge in [0.15, 0.2) is 11.9 Å². The molecule has 0 spiro atoms. The van der Waals surface area contributed by atoms with E-state index in [1.165, 1.54) is 6.26 Å². The lowest BCUT2D eigenvalue weighted by Crippen LogP contribution is -2.40. The molecule has 0 radical (unpaired) electrons. The van der Waals surface area contributed by atoms with Crippen LogP contribution in [-0.4, -0.2) is 35.9 Å². The minimum Gasteiger partial charge on any atom is -0.481 e. The third-order valence-electron chi connectivity index (χ3n) is 5.73. The monoisotopic (exact) mass is 432 g/mol. The van der Waals surface area contributed by atoms with Crippen molar-refractivity contribution in [2.24, 2.45) is 0 Å². The molecule has 6 nitrogen and oxygen atoms in total. The van der Waals surface area contributed by atoms with Crippen LogP contribution in [0.2, 0.25) is 0 Å². The molecule has 1 aliphatic heterocycles. The van der Waals surface area contributed by atoms with E-state index in [0.29, 0.717) is 24.6 Å². The van der Waals surface area contributed by atoms with Crippen molar-refractivity contribution in [3.05, 3.63) is 88.9 Å². The van der Waals surface area contributed by atoms with E-state index in [1.807, 2.05) is 55.1 Å². The first-order chi connectivity index (χ1) is 15.5. The SMILES string of the molecule is CCNC(=O)C(C)Oc1ccc2c(c1)C(c1cccc(C)c1)N(C(=O)c1ccco1)CC2. The molecule has 2 atom stereocenters. The Bertz CT molecular complexity index is 1110. The van der Waals surface area contributed by atoms with Gasteiger partial charge in [0.25, 0.3) is 11.8 Å². The Balaban J connectivity index is 1.73. The summed E-state index contributed by atoms with van der Waals surface area (Å²) < 4.78 is 11.3. The van der Waals surface area contributed by atoms with Crippen LogP contribution in [-0.2, 0) is 11.2 Å². The molecule has 32 heavy (non-hydrogen) atoms. The van der Waals surface area contributed by atoms with Gasteiger partial charge in [-0.2, -0.15) is 0 Å². The molecule has 2 amide bonds. The number of ether oxygens (including phenoxy) is 1. The highest BCUT2D eigenvalue weighted by atomic mass is 16.5. The summed E-state index contributed by atoms with van der Waals surface area (Å²) in [5.74, 6) is 0.625. The van der Waals surface area contributed by atoms with E-state index < -0.39 is 6.10 Å². The fourth-order valence-corrected chi connectivity index (χ4v) is 4.20. The minimum atomic E-state index is -0.616. The fourth-order valence-electron chi connectivity index (χ4n) is 4.20. The number of benzene rings is 2. The first kappa shape index (κ1) is 21.7. The number of carbonyl (C=O) groups is 2. The van der Waals surface area contributed by atoms with Crippen LogP contribution in [0.25, 0.3) is 0 Å². The molecule has 0 fully saturated rings. The first-order valence-electron chi connectivity index (χ1n) is 11.0. The van der Waals surface area contributed by atoms with Crippen LogP contribution < -0.4 is 10.1 Å². The molecule has 166 valence electrons. The first-order valence-corrected chi connectivity index (χ1v) is 11.0. The topological polar surface area (TPSA) is 71.8 Å². The van der Waals surface area contributed by atoms with Crippen LogP contribution in [0.15, 0.2) is 65.3 Å². The smallest absolute Gasteiger partial charge is 0.290 e. The Morgan fingerprint density at radius 3 is 2.75 bits per heavy atom. The van der Waals surface area contributed by atoms with Gasteiger partial charge in [0.1, 0.15) is 5.75 Å². The molecule has 1 aliphatic rings. The summed E-state index contributed by atoms with van der Waals surface area (Å²) in [7, 11) is 0. The largest absolute Gasteiger partial charge is 0.481 e. The number of nitrogens with zero attached hydrogens (tertiary/aromatic N) is 1. The number of rotatable bonds is 6. The van der Waals surface area contributed by atoms with Gasteiger partial charge in [-0.15, -0.1) is 0 Å². The van der Waals surface area contributed by atoms with Crippen molar-refractivity contribution in [2.75, 3.05) is 13.1 Å². The number of carbonyl (C=O) groups excluding carboxylic acids is 2. The average Bonchev–Trinajstić information content (AvgIpc) is 3.33. The third kappa shape index (κ3) is 4.40. The fraction of sp³-hybridized carbons (Fsp3) is 0.308. The highest BCUT2D eigenvalue weighted by Gasteiger charge is 2.34. The highest BCUT2D eigenvalue weighted by Crippen LogP contribution is 2.38. The summed E-state index contributed by atoms with van der Waals surface area (Å²) in [5, 5.41) is 2.78. The lowest BCUT2D eigenvalue weighted by molar-refractivity contribution is -0.127. The number of amides is 2. The summed E-state index contributed by atoms with van der Waals surface area (Å²) >= 11 is 0. The van der Waals surface area contributed by atoms with Gasteiger partial charge in [-0.05, 0) is 68.1 Å². The normalized spacial score (nSPS) is 16.2. The van der Waals surface area contributed by atoms with Gasteiger partial charge < -0.3 is 19.4 Å². The molecule has 6 heteroatoms. The number of likely N-dealkylation sites (N-methyl/N-ethyl adjacent to an activating group) is 1. The van der Waals surface area contributed by atoms with E-state index in [2.05, 4.69) is 11.4 Å². The summed E-state index contributed by atoms with van der Waals surface area (Å²) in [5.41, 5.74) is 4.32. The maximum atomic E-state index is 13.3. The zero-order valence-corrected chi connectivity index (χ0v) is 18.6. The molecule has 2 heterocycles. The third-order valence-corrected chi connectivity index (χ3v) is 5.73. The van der Waals surface area contributed by atoms with Crippen LogP contribution >= 0.6 is 0 Å². The quantitative estimate of drug-likeness (QED) is 0.631. The maximum absolute atomic E-state index is 13.3. The molecule has 0 aliphatic carbocycles. The Labute approximate surface area is 188 Å². The van der Waals surface area contributed by atoms with Crippen molar-refractivity contribution < 1.29 is 18.7 Å². The van der Waals surface area contributed by atoms with Gasteiger partial charge in [0.2, 0.25) is 0 Å². The molecule has 2 aromatic carbocycles. The van der Waals surface area contributed by atoms with Crippen molar-refractivity contribution in [1.29, 1.82) is 0 Å². The van der Waals surface area contributed by atoms with Gasteiger partial charge in [0, 0.05) is 13.1 Å². The molecule has 1 N–H and O–H groups in total. The van der Waals surface area contributed by atoms with Gasteiger partial charge in [-0.25, -0.2) is 0 Å². The van der Waals surface area contributed by atoms with E-state index in [9.17, 15) is 9.59 Å². The number of hydrogen-bond acceptors (Lipinski definition) is 4. The van der Waals surface area contributed by atoms with Crippen LogP contribution in [0.1, 0.15) is 52.7 Å². The number of furan rings is 1. The summed E-state index contributed by atoms with van der Waals surface area (Å²) in [6.07, 6.45) is 1.63. The molecular formula is C26H28N2O4. The minimum absolute atomic E-state index is 0.144. The Morgan fingerprint density at radius 2 is 2.03 bits per heavy atom. The van der Waals surface area contributed by atoms with Gasteiger partial charge in [-0.3, -0.25) is 9.59 Å². The average molecular weight is 433 g/mol. The van der Waals surface area contributed by atoms with E-state index in [1.54, 1.807) is 19.1 Å². The number of hydrogen-bond donors (Lipinski definition) is 1. The molecular weight excluding hydrogens is 404 g/mol. The molecule has 1 aromatic heterocycles. The van der Waals surface area contributed by atoms with Crippen LogP contribution in [0.5, 0.6) is 5.75 Å². The zero-order chi connectivity index (χ0) is 22.7. The number of nitrogens with one attached hydrogen (secondary N) is 1. The van der Waals surface area contributed by atoms with E-state index in [-0.39, 0.29) is 17.9 Å². The number of fused-ring (bicyclic) bond motifs is 1. The summed E-state index contributed by atoms with van der Waals surface area (Å²) in [4.78, 5) is 27.3.